The quantitative estimate of drug-likeness (QED) is 0.838. The molecule has 1 aliphatic rings. The predicted molar refractivity (Wildman–Crippen MR) is 76.3 cm³/mol. The third-order valence-electron chi connectivity index (χ3n) is 3.39. The standard InChI is InChI=1S/C16H18FNO3/c1-2-13-11-18(7-9-21-13)16(20)14-10-12(4-3-8-19)5-6-15(14)17/h5-6,10,13,19H,2,7-9,11H2,1H3. The van der Waals surface area contributed by atoms with Crippen molar-refractivity contribution < 1.29 is 19.0 Å². The first kappa shape index (κ1) is 15.5. The Morgan fingerprint density at radius 2 is 2.38 bits per heavy atom. The van der Waals surface area contributed by atoms with E-state index in [1.165, 1.54) is 18.2 Å². The number of hydrogen-bond donors (Lipinski definition) is 1. The van der Waals surface area contributed by atoms with Crippen LogP contribution in [-0.4, -0.2) is 48.3 Å². The molecule has 1 aliphatic heterocycles. The molecule has 0 bridgehead atoms. The highest BCUT2D eigenvalue weighted by molar-refractivity contribution is 5.95. The van der Waals surface area contributed by atoms with E-state index in [2.05, 4.69) is 11.8 Å². The van der Waals surface area contributed by atoms with Gasteiger partial charge in [-0.2, -0.15) is 0 Å². The number of hydrogen-bond acceptors (Lipinski definition) is 3. The van der Waals surface area contributed by atoms with Gasteiger partial charge in [-0.1, -0.05) is 18.8 Å². The molecular formula is C16H18FNO3. The molecule has 4 nitrogen and oxygen atoms in total. The minimum absolute atomic E-state index is 0.00289. The molecule has 1 amide bonds. The lowest BCUT2D eigenvalue weighted by Gasteiger charge is -2.32. The summed E-state index contributed by atoms with van der Waals surface area (Å²) in [5.74, 6) is 4.26. The van der Waals surface area contributed by atoms with Crippen LogP contribution in [0.3, 0.4) is 0 Å². The highest BCUT2D eigenvalue weighted by Crippen LogP contribution is 2.16. The van der Waals surface area contributed by atoms with E-state index in [4.69, 9.17) is 9.84 Å². The molecule has 5 heteroatoms. The molecule has 0 radical (unpaired) electrons. The fourth-order valence-corrected chi connectivity index (χ4v) is 2.23. The maximum atomic E-state index is 13.9. The van der Waals surface area contributed by atoms with Crippen molar-refractivity contribution in [3.05, 3.63) is 35.1 Å². The van der Waals surface area contributed by atoms with Crippen LogP contribution in [0.15, 0.2) is 18.2 Å². The Morgan fingerprint density at radius 1 is 1.57 bits per heavy atom. The lowest BCUT2D eigenvalue weighted by molar-refractivity contribution is -0.0227. The van der Waals surface area contributed by atoms with Crippen molar-refractivity contribution in [1.82, 2.24) is 4.90 Å². The van der Waals surface area contributed by atoms with Crippen LogP contribution in [0.25, 0.3) is 0 Å². The van der Waals surface area contributed by atoms with E-state index < -0.39 is 5.82 Å². The summed E-state index contributed by atoms with van der Waals surface area (Å²) in [6.07, 6.45) is 0.817. The second kappa shape index (κ2) is 7.21. The normalized spacial score (nSPS) is 18.0. The van der Waals surface area contributed by atoms with Crippen LogP contribution in [0.1, 0.15) is 29.3 Å². The number of ether oxygens (including phenoxy) is 1. The smallest absolute Gasteiger partial charge is 0.257 e. The van der Waals surface area contributed by atoms with E-state index in [1.807, 2.05) is 6.92 Å². The molecule has 1 atom stereocenters. The topological polar surface area (TPSA) is 49.8 Å². The SMILES string of the molecule is CCC1CN(C(=O)c2cc(C#CCO)ccc2F)CCO1. The Labute approximate surface area is 123 Å². The van der Waals surface area contributed by atoms with E-state index in [1.54, 1.807) is 4.90 Å². The summed E-state index contributed by atoms with van der Waals surface area (Å²) < 4.78 is 19.4. The minimum Gasteiger partial charge on any atom is -0.384 e. The summed E-state index contributed by atoms with van der Waals surface area (Å²) in [4.78, 5) is 14.1. The van der Waals surface area contributed by atoms with E-state index >= 15 is 0 Å². The maximum Gasteiger partial charge on any atom is 0.257 e. The molecule has 1 N–H and O–H groups in total. The number of benzene rings is 1. The number of carbonyl (C=O) groups is 1. The number of morpholine rings is 1. The van der Waals surface area contributed by atoms with Gasteiger partial charge in [0.1, 0.15) is 12.4 Å². The minimum atomic E-state index is -0.561. The summed E-state index contributed by atoms with van der Waals surface area (Å²) in [7, 11) is 0. The van der Waals surface area contributed by atoms with Crippen molar-refractivity contribution in [2.45, 2.75) is 19.4 Å². The van der Waals surface area contributed by atoms with E-state index in [0.717, 1.165) is 6.42 Å². The van der Waals surface area contributed by atoms with Gasteiger partial charge in [0, 0.05) is 18.7 Å². The summed E-state index contributed by atoms with van der Waals surface area (Å²) in [6, 6.07) is 4.14. The summed E-state index contributed by atoms with van der Waals surface area (Å²) in [5.41, 5.74) is 0.519. The van der Waals surface area contributed by atoms with Crippen molar-refractivity contribution in [2.75, 3.05) is 26.3 Å². The van der Waals surface area contributed by atoms with Crippen LogP contribution < -0.4 is 0 Å². The molecule has 21 heavy (non-hydrogen) atoms. The fraction of sp³-hybridized carbons (Fsp3) is 0.438. The van der Waals surface area contributed by atoms with Crippen LogP contribution in [0.5, 0.6) is 0 Å². The first-order valence-electron chi connectivity index (χ1n) is 6.95. The molecule has 1 aromatic carbocycles. The second-order valence-corrected chi connectivity index (χ2v) is 4.81. The van der Waals surface area contributed by atoms with Gasteiger partial charge < -0.3 is 14.7 Å². The monoisotopic (exact) mass is 291 g/mol. The van der Waals surface area contributed by atoms with Crippen LogP contribution in [-0.2, 0) is 4.74 Å². The summed E-state index contributed by atoms with van der Waals surface area (Å²) >= 11 is 0. The summed E-state index contributed by atoms with van der Waals surface area (Å²) in [5, 5.41) is 8.68. The van der Waals surface area contributed by atoms with Crippen LogP contribution >= 0.6 is 0 Å². The maximum absolute atomic E-state index is 13.9. The number of amides is 1. The first-order valence-corrected chi connectivity index (χ1v) is 6.95. The molecule has 1 saturated heterocycles. The van der Waals surface area contributed by atoms with Crippen molar-refractivity contribution >= 4 is 5.91 Å². The molecule has 0 aromatic heterocycles. The average molecular weight is 291 g/mol. The molecule has 0 saturated carbocycles. The molecule has 0 aliphatic carbocycles. The van der Waals surface area contributed by atoms with Crippen molar-refractivity contribution in [1.29, 1.82) is 0 Å². The average Bonchev–Trinajstić information content (AvgIpc) is 2.53. The molecule has 2 rings (SSSR count). The zero-order chi connectivity index (χ0) is 15.2. The van der Waals surface area contributed by atoms with Gasteiger partial charge in [-0.3, -0.25) is 4.79 Å². The molecule has 0 spiro atoms. The lowest BCUT2D eigenvalue weighted by Crippen LogP contribution is -2.45. The van der Waals surface area contributed by atoms with Crippen molar-refractivity contribution in [3.63, 3.8) is 0 Å². The fourth-order valence-electron chi connectivity index (χ4n) is 2.23. The Hall–Kier alpha value is -1.90. The Balaban J connectivity index is 2.21. The van der Waals surface area contributed by atoms with Crippen molar-refractivity contribution in [2.24, 2.45) is 0 Å². The Kier molecular flexibility index (Phi) is 5.32. The van der Waals surface area contributed by atoms with E-state index in [0.29, 0.717) is 25.3 Å². The Bertz CT molecular complexity index is 577. The largest absolute Gasteiger partial charge is 0.384 e. The third-order valence-corrected chi connectivity index (χ3v) is 3.39. The zero-order valence-corrected chi connectivity index (χ0v) is 11.9. The lowest BCUT2D eigenvalue weighted by atomic mass is 10.1. The van der Waals surface area contributed by atoms with Gasteiger partial charge in [-0.05, 0) is 24.6 Å². The van der Waals surface area contributed by atoms with E-state index in [9.17, 15) is 9.18 Å². The van der Waals surface area contributed by atoms with E-state index in [-0.39, 0.29) is 24.2 Å². The first-order chi connectivity index (χ1) is 10.2. The number of aliphatic hydroxyl groups is 1. The number of rotatable bonds is 2. The van der Waals surface area contributed by atoms with Gasteiger partial charge in [0.25, 0.3) is 5.91 Å². The van der Waals surface area contributed by atoms with Crippen molar-refractivity contribution in [3.8, 4) is 11.8 Å². The summed E-state index contributed by atoms with van der Waals surface area (Å²) in [6.45, 7) is 3.12. The van der Waals surface area contributed by atoms with Gasteiger partial charge in [-0.15, -0.1) is 0 Å². The highest BCUT2D eigenvalue weighted by atomic mass is 19.1. The molecule has 112 valence electrons. The molecular weight excluding hydrogens is 273 g/mol. The molecule has 1 fully saturated rings. The predicted octanol–water partition coefficient (Wildman–Crippen LogP) is 1.42. The van der Waals surface area contributed by atoms with Gasteiger partial charge in [0.15, 0.2) is 0 Å². The van der Waals surface area contributed by atoms with Gasteiger partial charge >= 0.3 is 0 Å². The van der Waals surface area contributed by atoms with Gasteiger partial charge in [-0.25, -0.2) is 4.39 Å². The molecule has 1 unspecified atom stereocenters. The number of carbonyl (C=O) groups excluding carboxylic acids is 1. The van der Waals surface area contributed by atoms with Crippen LogP contribution in [0.4, 0.5) is 4.39 Å². The zero-order valence-electron chi connectivity index (χ0n) is 11.9. The Morgan fingerprint density at radius 3 is 3.10 bits per heavy atom. The third kappa shape index (κ3) is 3.81. The number of aliphatic hydroxyl groups excluding tert-OH is 1. The van der Waals surface area contributed by atoms with Crippen LogP contribution in [0, 0.1) is 17.7 Å². The highest BCUT2D eigenvalue weighted by Gasteiger charge is 2.25. The van der Waals surface area contributed by atoms with Gasteiger partial charge in [0.2, 0.25) is 0 Å². The van der Waals surface area contributed by atoms with Gasteiger partial charge in [0.05, 0.1) is 18.3 Å². The molecule has 1 aromatic rings. The number of halogens is 1. The number of nitrogens with zero attached hydrogens (tertiary/aromatic N) is 1. The van der Waals surface area contributed by atoms with Crippen LogP contribution in [0.2, 0.25) is 0 Å². The molecule has 1 heterocycles. The second-order valence-electron chi connectivity index (χ2n) is 4.81.